The Morgan fingerprint density at radius 2 is 2.21 bits per heavy atom. The van der Waals surface area contributed by atoms with E-state index in [1.54, 1.807) is 6.07 Å². The van der Waals surface area contributed by atoms with Crippen molar-refractivity contribution in [3.8, 4) is 17.4 Å². The molecule has 0 N–H and O–H groups in total. The Morgan fingerprint density at radius 1 is 1.36 bits per heavy atom. The van der Waals surface area contributed by atoms with Gasteiger partial charge < -0.3 is 9.15 Å². The number of ether oxygens (including phenoxy) is 1. The fourth-order valence-electron chi connectivity index (χ4n) is 0.944. The van der Waals surface area contributed by atoms with Crippen LogP contribution >= 0.6 is 11.6 Å². The molecular weight excluding hydrogens is 206 g/mol. The van der Waals surface area contributed by atoms with E-state index in [0.29, 0.717) is 5.82 Å². The van der Waals surface area contributed by atoms with Crippen molar-refractivity contribution in [2.24, 2.45) is 0 Å². The molecule has 2 heterocycles. The third-order valence-electron chi connectivity index (χ3n) is 1.55. The van der Waals surface area contributed by atoms with Crippen LogP contribution in [0.3, 0.4) is 0 Å². The highest BCUT2D eigenvalue weighted by Crippen LogP contribution is 2.18. The van der Waals surface area contributed by atoms with Gasteiger partial charge in [0.25, 0.3) is 0 Å². The molecule has 2 aromatic heterocycles. The normalized spacial score (nSPS) is 10.1. The number of hydrogen-bond donors (Lipinski definition) is 0. The Kier molecular flexibility index (Phi) is 2.32. The van der Waals surface area contributed by atoms with E-state index in [0.717, 1.165) is 5.56 Å². The molecule has 0 fully saturated rings. The van der Waals surface area contributed by atoms with Gasteiger partial charge in [0.2, 0.25) is 5.28 Å². The molecule has 0 spiro atoms. The lowest BCUT2D eigenvalue weighted by Crippen LogP contribution is -1.97. The average molecular weight is 212 g/mol. The molecular formula is C8H6ClN3O2. The molecule has 5 nitrogen and oxygen atoms in total. The molecule has 6 heteroatoms. The lowest BCUT2D eigenvalue weighted by molar-refractivity contribution is 0.379. The van der Waals surface area contributed by atoms with E-state index < -0.39 is 0 Å². The van der Waals surface area contributed by atoms with Crippen LogP contribution in [0, 0.1) is 0 Å². The van der Waals surface area contributed by atoms with E-state index in [9.17, 15) is 0 Å². The minimum absolute atomic E-state index is 0.0908. The summed E-state index contributed by atoms with van der Waals surface area (Å²) in [5, 5.41) is 0.0908. The van der Waals surface area contributed by atoms with E-state index in [4.69, 9.17) is 20.8 Å². The number of furan rings is 1. The Bertz CT molecular complexity index is 430. The number of methoxy groups -OCH3 is 1. The van der Waals surface area contributed by atoms with E-state index in [1.807, 2.05) is 0 Å². The SMILES string of the molecule is COc1nc(Cl)nc(-c2ccoc2)n1. The van der Waals surface area contributed by atoms with Crippen molar-refractivity contribution in [2.75, 3.05) is 7.11 Å². The van der Waals surface area contributed by atoms with Gasteiger partial charge in [-0.1, -0.05) is 0 Å². The summed E-state index contributed by atoms with van der Waals surface area (Å²) in [4.78, 5) is 11.7. The first-order valence-corrected chi connectivity index (χ1v) is 4.15. The summed E-state index contributed by atoms with van der Waals surface area (Å²) in [5.41, 5.74) is 0.729. The second-order valence-electron chi connectivity index (χ2n) is 2.43. The van der Waals surface area contributed by atoms with E-state index in [2.05, 4.69) is 15.0 Å². The van der Waals surface area contributed by atoms with Gasteiger partial charge in [-0.15, -0.1) is 0 Å². The highest BCUT2D eigenvalue weighted by atomic mass is 35.5. The maximum Gasteiger partial charge on any atom is 0.321 e. The zero-order valence-corrected chi connectivity index (χ0v) is 8.02. The van der Waals surface area contributed by atoms with E-state index >= 15 is 0 Å². The van der Waals surface area contributed by atoms with Gasteiger partial charge in [0.1, 0.15) is 6.26 Å². The number of nitrogens with zero attached hydrogens (tertiary/aromatic N) is 3. The molecule has 0 amide bonds. The Balaban J connectivity index is 2.48. The summed E-state index contributed by atoms with van der Waals surface area (Å²) in [6.07, 6.45) is 3.05. The Labute approximate surface area is 84.7 Å². The van der Waals surface area contributed by atoms with Crippen molar-refractivity contribution >= 4 is 11.6 Å². The Morgan fingerprint density at radius 3 is 2.86 bits per heavy atom. The third-order valence-corrected chi connectivity index (χ3v) is 1.72. The molecule has 0 bridgehead atoms. The molecule has 0 aliphatic carbocycles. The largest absolute Gasteiger partial charge is 0.472 e. The predicted molar refractivity (Wildman–Crippen MR) is 49.1 cm³/mol. The summed E-state index contributed by atoms with van der Waals surface area (Å²) < 4.78 is 9.75. The van der Waals surface area contributed by atoms with Gasteiger partial charge in [-0.05, 0) is 17.7 Å². The molecule has 0 saturated heterocycles. The molecule has 2 aromatic rings. The molecule has 72 valence electrons. The molecule has 0 unspecified atom stereocenters. The van der Waals surface area contributed by atoms with E-state index in [-0.39, 0.29) is 11.3 Å². The fraction of sp³-hybridized carbons (Fsp3) is 0.125. The second kappa shape index (κ2) is 3.63. The number of rotatable bonds is 2. The molecule has 2 rings (SSSR count). The van der Waals surface area contributed by atoms with Crippen LogP contribution in [0.2, 0.25) is 5.28 Å². The molecule has 0 saturated carbocycles. The van der Waals surface area contributed by atoms with Gasteiger partial charge in [-0.3, -0.25) is 0 Å². The van der Waals surface area contributed by atoms with Gasteiger partial charge in [-0.25, -0.2) is 0 Å². The molecule has 0 aliphatic heterocycles. The highest BCUT2D eigenvalue weighted by Gasteiger charge is 2.07. The lowest BCUT2D eigenvalue weighted by atomic mass is 10.3. The van der Waals surface area contributed by atoms with Crippen molar-refractivity contribution in [1.82, 2.24) is 15.0 Å². The minimum Gasteiger partial charge on any atom is -0.472 e. The second-order valence-corrected chi connectivity index (χ2v) is 2.76. The molecule has 0 atom stereocenters. The maximum atomic E-state index is 5.67. The maximum absolute atomic E-state index is 5.67. The smallest absolute Gasteiger partial charge is 0.321 e. The first-order valence-electron chi connectivity index (χ1n) is 3.78. The summed E-state index contributed by atoms with van der Waals surface area (Å²) in [5.74, 6) is 0.426. The Hall–Kier alpha value is -1.62. The van der Waals surface area contributed by atoms with Gasteiger partial charge in [0, 0.05) is 0 Å². The fourth-order valence-corrected chi connectivity index (χ4v) is 1.10. The third kappa shape index (κ3) is 1.67. The quantitative estimate of drug-likeness (QED) is 0.758. The van der Waals surface area contributed by atoms with Gasteiger partial charge >= 0.3 is 6.01 Å². The van der Waals surface area contributed by atoms with Gasteiger partial charge in [0.05, 0.1) is 18.9 Å². The summed E-state index contributed by atoms with van der Waals surface area (Å²) in [6.45, 7) is 0. The zero-order chi connectivity index (χ0) is 9.97. The summed E-state index contributed by atoms with van der Waals surface area (Å²) in [6, 6.07) is 1.91. The van der Waals surface area contributed by atoms with Crippen molar-refractivity contribution in [2.45, 2.75) is 0 Å². The van der Waals surface area contributed by atoms with Crippen LogP contribution in [-0.2, 0) is 0 Å². The van der Waals surface area contributed by atoms with Crippen LogP contribution in [0.1, 0.15) is 0 Å². The van der Waals surface area contributed by atoms with Gasteiger partial charge in [0.15, 0.2) is 5.82 Å². The average Bonchev–Trinajstić information content (AvgIpc) is 2.69. The van der Waals surface area contributed by atoms with Crippen LogP contribution < -0.4 is 4.74 Å². The van der Waals surface area contributed by atoms with Gasteiger partial charge in [-0.2, -0.15) is 15.0 Å². The van der Waals surface area contributed by atoms with Crippen LogP contribution in [0.25, 0.3) is 11.4 Å². The summed E-state index contributed by atoms with van der Waals surface area (Å²) in [7, 11) is 1.46. The molecule has 14 heavy (non-hydrogen) atoms. The topological polar surface area (TPSA) is 61.0 Å². The molecule has 0 aliphatic rings. The van der Waals surface area contributed by atoms with Crippen LogP contribution in [0.15, 0.2) is 23.0 Å². The molecule has 0 radical (unpaired) electrons. The van der Waals surface area contributed by atoms with Crippen molar-refractivity contribution in [1.29, 1.82) is 0 Å². The predicted octanol–water partition coefficient (Wildman–Crippen LogP) is 1.79. The molecule has 0 aromatic carbocycles. The van der Waals surface area contributed by atoms with E-state index in [1.165, 1.54) is 19.6 Å². The highest BCUT2D eigenvalue weighted by molar-refractivity contribution is 6.28. The van der Waals surface area contributed by atoms with Crippen molar-refractivity contribution in [3.05, 3.63) is 23.9 Å². The minimum atomic E-state index is 0.0908. The van der Waals surface area contributed by atoms with Crippen molar-refractivity contribution in [3.63, 3.8) is 0 Å². The lowest BCUT2D eigenvalue weighted by Gasteiger charge is -1.99. The van der Waals surface area contributed by atoms with Crippen LogP contribution in [0.4, 0.5) is 0 Å². The first-order chi connectivity index (χ1) is 6.79. The number of halogens is 1. The number of aromatic nitrogens is 3. The first kappa shape index (κ1) is 8.96. The zero-order valence-electron chi connectivity index (χ0n) is 7.27. The monoisotopic (exact) mass is 211 g/mol. The number of hydrogen-bond acceptors (Lipinski definition) is 5. The van der Waals surface area contributed by atoms with Crippen LogP contribution in [-0.4, -0.2) is 22.1 Å². The van der Waals surface area contributed by atoms with Crippen molar-refractivity contribution < 1.29 is 9.15 Å². The summed E-state index contributed by atoms with van der Waals surface area (Å²) >= 11 is 5.67. The standard InChI is InChI=1S/C8H6ClN3O2/c1-13-8-11-6(10-7(9)12-8)5-2-3-14-4-5/h2-4H,1H3. The van der Waals surface area contributed by atoms with Crippen LogP contribution in [0.5, 0.6) is 6.01 Å².